The molecule has 0 fully saturated rings. The molecule has 27 nitrogen and oxygen atoms in total. The number of carboxylic acid groups (broad SMARTS) is 2. The van der Waals surface area contributed by atoms with E-state index in [0.29, 0.717) is 62.6 Å². The lowest BCUT2D eigenvalue weighted by Crippen LogP contribution is -2.59. The highest BCUT2D eigenvalue weighted by atomic mass is 32.1. The average molecular weight is 1170 g/mol. The third-order valence-electron chi connectivity index (χ3n) is 13.1. The van der Waals surface area contributed by atoms with Crippen LogP contribution in [0.25, 0.3) is 0 Å². The highest BCUT2D eigenvalue weighted by molar-refractivity contribution is 7.80. The van der Waals surface area contributed by atoms with Gasteiger partial charge in [0.05, 0.1) is 19.1 Å². The molecule has 20 N–H and O–H groups in total. The number of carbonyl (C=O) groups excluding carboxylic acids is 9. The second kappa shape index (κ2) is 39.1. The van der Waals surface area contributed by atoms with Crippen LogP contribution in [0.15, 0.2) is 54.6 Å². The van der Waals surface area contributed by atoms with E-state index >= 15 is 0 Å². The number of carboxylic acids is 2. The molecule has 9 atom stereocenters. The summed E-state index contributed by atoms with van der Waals surface area (Å²) >= 11 is 3.97. The number of nitrogens with two attached hydrogens (primary N) is 4. The minimum absolute atomic E-state index is 0.0124. The second-order valence-corrected chi connectivity index (χ2v) is 20.1. The molecule has 0 unspecified atom stereocenters. The third kappa shape index (κ3) is 27.4. The Kier molecular flexibility index (Phi) is 33.7. The van der Waals surface area contributed by atoms with Gasteiger partial charge in [0.2, 0.25) is 53.2 Å². The minimum Gasteiger partial charge on any atom is -0.508 e. The second-order valence-electron chi connectivity index (χ2n) is 19.8. The van der Waals surface area contributed by atoms with Crippen molar-refractivity contribution in [2.45, 2.75) is 152 Å². The smallest absolute Gasteiger partial charge is 0.326 e. The first kappa shape index (κ1) is 70.7. The zero-order valence-electron chi connectivity index (χ0n) is 46.6. The Morgan fingerprint density at radius 1 is 0.500 bits per heavy atom. The number of nitrogens with one attached hydrogen (secondary N) is 9. The van der Waals surface area contributed by atoms with Crippen LogP contribution in [0.2, 0.25) is 0 Å². The first-order chi connectivity index (χ1) is 39.1. The third-order valence-corrected chi connectivity index (χ3v) is 13.5. The maximum absolute atomic E-state index is 14.4. The molecule has 2 rings (SSSR count). The van der Waals surface area contributed by atoms with Gasteiger partial charge in [-0.15, -0.1) is 0 Å². The molecule has 0 heterocycles. The number of carbonyl (C=O) groups is 11. The summed E-state index contributed by atoms with van der Waals surface area (Å²) in [5, 5.41) is 52.2. The van der Waals surface area contributed by atoms with Gasteiger partial charge in [-0.2, -0.15) is 12.6 Å². The van der Waals surface area contributed by atoms with Gasteiger partial charge in [-0.3, -0.25) is 47.9 Å². The molecule has 0 saturated carbocycles. The van der Waals surface area contributed by atoms with Crippen LogP contribution >= 0.6 is 12.6 Å². The number of benzene rings is 2. The number of hydrogen-bond donors (Lipinski definition) is 17. The van der Waals surface area contributed by atoms with Crippen LogP contribution in [0.5, 0.6) is 5.75 Å². The quantitative estimate of drug-likeness (QED) is 0.0241. The van der Waals surface area contributed by atoms with E-state index in [1.54, 1.807) is 44.2 Å². The summed E-state index contributed by atoms with van der Waals surface area (Å²) in [4.78, 5) is 147. The molecule has 0 bridgehead atoms. The Labute approximate surface area is 482 Å². The van der Waals surface area contributed by atoms with Crippen molar-refractivity contribution < 1.29 is 68.1 Å². The van der Waals surface area contributed by atoms with Crippen molar-refractivity contribution in [2.24, 2.45) is 28.9 Å². The van der Waals surface area contributed by atoms with Crippen LogP contribution in [0, 0.1) is 5.92 Å². The molecule has 0 saturated heterocycles. The monoisotopic (exact) mass is 1170 g/mol. The Morgan fingerprint density at radius 2 is 0.915 bits per heavy atom. The van der Waals surface area contributed by atoms with Gasteiger partial charge in [-0.25, -0.2) is 4.79 Å². The Bertz CT molecular complexity index is 2390. The van der Waals surface area contributed by atoms with Crippen molar-refractivity contribution in [3.63, 3.8) is 0 Å². The van der Waals surface area contributed by atoms with E-state index in [4.69, 9.17) is 22.9 Å². The fourth-order valence-electron chi connectivity index (χ4n) is 8.14. The average Bonchev–Trinajstić information content (AvgIpc) is 3.46. The molecule has 0 radical (unpaired) electrons. The summed E-state index contributed by atoms with van der Waals surface area (Å²) in [6.45, 7) is 2.93. The summed E-state index contributed by atoms with van der Waals surface area (Å²) in [5.74, 6) is -10.7. The molecule has 82 heavy (non-hydrogen) atoms. The fourth-order valence-corrected chi connectivity index (χ4v) is 8.31. The van der Waals surface area contributed by atoms with E-state index in [0.717, 1.165) is 0 Å². The summed E-state index contributed by atoms with van der Waals surface area (Å²) < 4.78 is 0. The highest BCUT2D eigenvalue weighted by Gasteiger charge is 2.34. The summed E-state index contributed by atoms with van der Waals surface area (Å²) in [7, 11) is 0. The SMILES string of the molecule is CC[C@H](C)[C@H](NC(=O)CNC(=O)[C@@H](N)CS)C(=O)N[C@@H](Cc1ccc(O)cc1)C(=O)NCC(=O)N[C@@H](CCC(=O)O)C(=O)N[C@@H](Cc1ccccc1)C(=O)N[C@@H](CCCCN)C(=O)N[C@@H](CCCCN)C(=O)N[C@@H](CCCCN)C(=O)O. The molecule has 0 spiro atoms. The number of rotatable bonds is 41. The predicted octanol–water partition coefficient (Wildman–Crippen LogP) is -2.56. The molecular formula is C54H85N13O14S. The van der Waals surface area contributed by atoms with E-state index in [1.807, 2.05) is 0 Å². The number of thiol groups is 1. The predicted molar refractivity (Wildman–Crippen MR) is 306 cm³/mol. The Balaban J connectivity index is 2.42. The summed E-state index contributed by atoms with van der Waals surface area (Å²) in [5.41, 5.74) is 23.7. The van der Waals surface area contributed by atoms with Crippen molar-refractivity contribution in [3.05, 3.63) is 65.7 Å². The van der Waals surface area contributed by atoms with Crippen LogP contribution < -0.4 is 70.8 Å². The van der Waals surface area contributed by atoms with Gasteiger partial charge >= 0.3 is 11.9 Å². The molecule has 28 heteroatoms. The van der Waals surface area contributed by atoms with Crippen LogP contribution in [-0.2, 0) is 65.6 Å². The van der Waals surface area contributed by atoms with Crippen molar-refractivity contribution in [1.29, 1.82) is 0 Å². The summed E-state index contributed by atoms with van der Waals surface area (Å²) in [6.07, 6.45) is 1.60. The first-order valence-electron chi connectivity index (χ1n) is 27.5. The van der Waals surface area contributed by atoms with Crippen LogP contribution in [0.1, 0.15) is 102 Å². The van der Waals surface area contributed by atoms with Gasteiger partial charge in [0.15, 0.2) is 0 Å². The molecule has 2 aromatic carbocycles. The lowest BCUT2D eigenvalue weighted by Gasteiger charge is -2.27. The normalized spacial score (nSPS) is 14.3. The van der Waals surface area contributed by atoms with E-state index in [2.05, 4.69) is 60.5 Å². The largest absolute Gasteiger partial charge is 0.508 e. The molecule has 9 amide bonds. The maximum Gasteiger partial charge on any atom is 0.326 e. The van der Waals surface area contributed by atoms with E-state index in [-0.39, 0.29) is 56.7 Å². The molecule has 0 aliphatic heterocycles. The van der Waals surface area contributed by atoms with Gasteiger partial charge in [0.1, 0.15) is 48.0 Å². The van der Waals surface area contributed by atoms with Crippen LogP contribution in [0.4, 0.5) is 0 Å². The number of phenols is 1. The van der Waals surface area contributed by atoms with E-state index < -0.39 is 145 Å². The lowest BCUT2D eigenvalue weighted by molar-refractivity contribution is -0.142. The van der Waals surface area contributed by atoms with Crippen LogP contribution in [-0.4, -0.2) is 167 Å². The number of aliphatic carboxylic acids is 2. The highest BCUT2D eigenvalue weighted by Crippen LogP contribution is 2.15. The van der Waals surface area contributed by atoms with Crippen molar-refractivity contribution in [3.8, 4) is 5.75 Å². The Morgan fingerprint density at radius 3 is 1.39 bits per heavy atom. The van der Waals surface area contributed by atoms with E-state index in [9.17, 15) is 68.1 Å². The van der Waals surface area contributed by atoms with Gasteiger partial charge in [0, 0.05) is 25.0 Å². The molecule has 456 valence electrons. The topological polar surface area (TPSA) is 461 Å². The summed E-state index contributed by atoms with van der Waals surface area (Å²) in [6, 6.07) is 3.53. The molecular weight excluding hydrogens is 1090 g/mol. The lowest BCUT2D eigenvalue weighted by atomic mass is 9.97. The first-order valence-corrected chi connectivity index (χ1v) is 28.1. The standard InChI is InChI=1S/C54H85N13O14S/c1-3-32(2)46(67-44(70)30-59-47(73)36(58)31-82)53(79)66-41(28-34-18-20-35(68)21-19-34)48(74)60-29-43(69)61-39(22-23-45(71)72)51(77)65-42(27-33-13-5-4-6-14-33)52(78)63-37(15-7-10-24-55)49(75)62-38(16-8-11-25-56)50(76)64-40(54(80)81)17-9-12-26-57/h4-6,13-14,18-21,32,36-42,46,68,82H,3,7-12,15-17,22-31,55-58H2,1-2H3,(H,59,73)(H,60,74)(H,61,69)(H,62,75)(H,63,78)(H,64,76)(H,65,77)(H,66,79)(H,67,70)(H,71,72)(H,80,81)/t32-,36-,37-,38-,39-,40-,41-,42-,46-/m0/s1. The van der Waals surface area contributed by atoms with Gasteiger partial charge in [-0.1, -0.05) is 62.7 Å². The van der Waals surface area contributed by atoms with Gasteiger partial charge in [-0.05, 0) is 113 Å². The number of phenolic OH excluding ortho intramolecular Hbond substituents is 1. The zero-order chi connectivity index (χ0) is 61.1. The molecule has 0 aliphatic carbocycles. The zero-order valence-corrected chi connectivity index (χ0v) is 47.5. The number of unbranched alkanes of at least 4 members (excludes halogenated alkanes) is 3. The molecule has 0 aromatic heterocycles. The maximum atomic E-state index is 14.4. The number of hydrogen-bond acceptors (Lipinski definition) is 17. The Hall–Kier alpha value is -7.40. The van der Waals surface area contributed by atoms with Gasteiger partial charge in [0.25, 0.3) is 0 Å². The van der Waals surface area contributed by atoms with Gasteiger partial charge < -0.3 is 86.1 Å². The van der Waals surface area contributed by atoms with Crippen LogP contribution in [0.3, 0.4) is 0 Å². The fraction of sp³-hybridized carbons (Fsp3) is 0.574. The number of amides is 9. The number of aromatic hydroxyl groups is 1. The minimum atomic E-state index is -1.63. The van der Waals surface area contributed by atoms with Crippen molar-refractivity contribution >= 4 is 77.7 Å². The molecule has 2 aromatic rings. The van der Waals surface area contributed by atoms with Crippen molar-refractivity contribution in [1.82, 2.24) is 47.9 Å². The molecule has 0 aliphatic rings. The van der Waals surface area contributed by atoms with E-state index in [1.165, 1.54) is 24.3 Å². The van der Waals surface area contributed by atoms with Crippen molar-refractivity contribution in [2.75, 3.05) is 38.5 Å².